The SMILES string of the molecule is CCCN(C)S(=O)(=O)c1ccc(OCC(F)(F)F)nc1. The molecule has 0 saturated heterocycles. The highest BCUT2D eigenvalue weighted by molar-refractivity contribution is 7.89. The fourth-order valence-electron chi connectivity index (χ4n) is 1.38. The van der Waals surface area contributed by atoms with Crippen LogP contribution in [0.25, 0.3) is 0 Å². The van der Waals surface area contributed by atoms with Crippen LogP contribution in [0.4, 0.5) is 13.2 Å². The monoisotopic (exact) mass is 312 g/mol. The maximum Gasteiger partial charge on any atom is 0.422 e. The number of aromatic nitrogens is 1. The van der Waals surface area contributed by atoms with Crippen molar-refractivity contribution in [2.45, 2.75) is 24.4 Å². The second-order valence-corrected chi connectivity index (χ2v) is 6.11. The molecule has 0 N–H and O–H groups in total. The summed E-state index contributed by atoms with van der Waals surface area (Å²) in [7, 11) is -2.24. The fraction of sp³-hybridized carbons (Fsp3) is 0.545. The third-order valence-corrected chi connectivity index (χ3v) is 4.18. The summed E-state index contributed by atoms with van der Waals surface area (Å²) in [5, 5.41) is 0. The minimum absolute atomic E-state index is 0.0900. The van der Waals surface area contributed by atoms with Gasteiger partial charge in [0.15, 0.2) is 6.61 Å². The molecular weight excluding hydrogens is 297 g/mol. The third-order valence-electron chi connectivity index (χ3n) is 2.34. The minimum atomic E-state index is -4.46. The maximum absolute atomic E-state index is 12.0. The Morgan fingerprint density at radius 2 is 2.00 bits per heavy atom. The van der Waals surface area contributed by atoms with Gasteiger partial charge in [0.05, 0.1) is 6.20 Å². The Morgan fingerprint density at radius 3 is 2.45 bits per heavy atom. The normalized spacial score (nSPS) is 12.7. The number of sulfonamides is 1. The van der Waals surface area contributed by atoms with E-state index in [1.54, 1.807) is 0 Å². The standard InChI is InChI=1S/C11H15F3N2O3S/c1-3-6-16(2)20(17,18)9-4-5-10(15-7-9)19-8-11(12,13)14/h4-5,7H,3,6,8H2,1-2H3. The molecule has 0 unspecified atom stereocenters. The minimum Gasteiger partial charge on any atom is -0.468 e. The van der Waals surface area contributed by atoms with Crippen molar-refractivity contribution in [2.24, 2.45) is 0 Å². The van der Waals surface area contributed by atoms with Gasteiger partial charge in [-0.05, 0) is 12.5 Å². The molecule has 5 nitrogen and oxygen atoms in total. The summed E-state index contributed by atoms with van der Waals surface area (Å²) in [4.78, 5) is 3.47. The van der Waals surface area contributed by atoms with Gasteiger partial charge in [0.1, 0.15) is 4.90 Å². The zero-order chi connectivity index (χ0) is 15.4. The Labute approximate surface area is 115 Å². The van der Waals surface area contributed by atoms with Gasteiger partial charge in [0, 0.05) is 19.7 Å². The summed E-state index contributed by atoms with van der Waals surface area (Å²) in [6.45, 7) is 0.703. The molecule has 1 rings (SSSR count). The van der Waals surface area contributed by atoms with E-state index in [4.69, 9.17) is 0 Å². The lowest BCUT2D eigenvalue weighted by atomic mass is 10.5. The molecule has 9 heteroatoms. The van der Waals surface area contributed by atoms with Crippen molar-refractivity contribution in [1.29, 1.82) is 0 Å². The van der Waals surface area contributed by atoms with Gasteiger partial charge in [-0.3, -0.25) is 0 Å². The molecule has 0 radical (unpaired) electrons. The van der Waals surface area contributed by atoms with Gasteiger partial charge in [0.25, 0.3) is 0 Å². The average Bonchev–Trinajstić information content (AvgIpc) is 2.36. The first-order valence-electron chi connectivity index (χ1n) is 5.79. The number of hydrogen-bond donors (Lipinski definition) is 0. The predicted octanol–water partition coefficient (Wildman–Crippen LogP) is 2.05. The maximum atomic E-state index is 12.0. The van der Waals surface area contributed by atoms with E-state index < -0.39 is 22.8 Å². The predicted molar refractivity (Wildman–Crippen MR) is 65.9 cm³/mol. The van der Waals surface area contributed by atoms with Crippen molar-refractivity contribution < 1.29 is 26.3 Å². The van der Waals surface area contributed by atoms with Crippen LogP contribution in [0.3, 0.4) is 0 Å². The Balaban J connectivity index is 2.81. The van der Waals surface area contributed by atoms with Crippen molar-refractivity contribution in [3.05, 3.63) is 18.3 Å². The average molecular weight is 312 g/mol. The molecule has 0 fully saturated rings. The Bertz CT molecular complexity index is 529. The summed E-state index contributed by atoms with van der Waals surface area (Å²) in [5.74, 6) is -0.278. The van der Waals surface area contributed by atoms with Crippen LogP contribution in [0.1, 0.15) is 13.3 Å². The summed E-state index contributed by atoms with van der Waals surface area (Å²) in [6.07, 6.45) is -2.84. The second-order valence-electron chi connectivity index (χ2n) is 4.06. The van der Waals surface area contributed by atoms with Gasteiger partial charge in [-0.15, -0.1) is 0 Å². The molecule has 0 spiro atoms. The Morgan fingerprint density at radius 1 is 1.35 bits per heavy atom. The van der Waals surface area contributed by atoms with E-state index >= 15 is 0 Å². The van der Waals surface area contributed by atoms with Gasteiger partial charge in [0.2, 0.25) is 15.9 Å². The van der Waals surface area contributed by atoms with Gasteiger partial charge in [-0.2, -0.15) is 13.2 Å². The van der Waals surface area contributed by atoms with Crippen molar-refractivity contribution in [2.75, 3.05) is 20.2 Å². The molecule has 114 valence electrons. The largest absolute Gasteiger partial charge is 0.468 e. The number of pyridine rings is 1. The van der Waals surface area contributed by atoms with Crippen LogP contribution in [-0.2, 0) is 10.0 Å². The van der Waals surface area contributed by atoms with Gasteiger partial charge in [-0.1, -0.05) is 6.92 Å². The number of rotatable bonds is 6. The molecular formula is C11H15F3N2O3S. The third kappa shape index (κ3) is 4.64. The summed E-state index contributed by atoms with van der Waals surface area (Å²) >= 11 is 0. The molecule has 1 heterocycles. The van der Waals surface area contributed by atoms with E-state index in [1.807, 2.05) is 6.92 Å². The Kier molecular flexibility index (Phi) is 5.35. The highest BCUT2D eigenvalue weighted by Gasteiger charge is 2.28. The van der Waals surface area contributed by atoms with Crippen LogP contribution in [0.15, 0.2) is 23.2 Å². The Hall–Kier alpha value is -1.35. The summed E-state index contributed by atoms with van der Waals surface area (Å²) in [6, 6.07) is 2.26. The molecule has 0 bridgehead atoms. The first-order chi connectivity index (χ1) is 9.16. The molecule has 0 saturated carbocycles. The molecule has 0 aromatic carbocycles. The van der Waals surface area contributed by atoms with Crippen LogP contribution >= 0.6 is 0 Å². The molecule has 0 aliphatic heterocycles. The van der Waals surface area contributed by atoms with E-state index in [9.17, 15) is 21.6 Å². The smallest absolute Gasteiger partial charge is 0.422 e. The topological polar surface area (TPSA) is 59.5 Å². The molecule has 20 heavy (non-hydrogen) atoms. The summed E-state index contributed by atoms with van der Waals surface area (Å²) in [5.41, 5.74) is 0. The zero-order valence-corrected chi connectivity index (χ0v) is 11.8. The van der Waals surface area contributed by atoms with E-state index in [-0.39, 0.29) is 10.8 Å². The number of hydrogen-bond acceptors (Lipinski definition) is 4. The number of halogens is 3. The quantitative estimate of drug-likeness (QED) is 0.806. The van der Waals surface area contributed by atoms with E-state index in [0.717, 1.165) is 16.6 Å². The number of alkyl halides is 3. The zero-order valence-electron chi connectivity index (χ0n) is 11.0. The lowest BCUT2D eigenvalue weighted by molar-refractivity contribution is -0.154. The van der Waals surface area contributed by atoms with Crippen LogP contribution < -0.4 is 4.74 Å². The number of ether oxygens (including phenoxy) is 1. The van der Waals surface area contributed by atoms with E-state index in [1.165, 1.54) is 13.1 Å². The van der Waals surface area contributed by atoms with E-state index in [2.05, 4.69) is 9.72 Å². The van der Waals surface area contributed by atoms with Crippen LogP contribution in [0.2, 0.25) is 0 Å². The first kappa shape index (κ1) is 16.7. The molecule has 0 amide bonds. The lowest BCUT2D eigenvalue weighted by Gasteiger charge is -2.16. The van der Waals surface area contributed by atoms with Gasteiger partial charge >= 0.3 is 6.18 Å². The van der Waals surface area contributed by atoms with Crippen LogP contribution in [0.5, 0.6) is 5.88 Å². The summed E-state index contributed by atoms with van der Waals surface area (Å²) < 4.78 is 65.4. The molecule has 0 aliphatic carbocycles. The van der Waals surface area contributed by atoms with Crippen LogP contribution in [0, 0.1) is 0 Å². The van der Waals surface area contributed by atoms with Crippen molar-refractivity contribution in [1.82, 2.24) is 9.29 Å². The second kappa shape index (κ2) is 6.40. The molecule has 0 atom stereocenters. The molecule has 1 aromatic heterocycles. The molecule has 1 aromatic rings. The molecule has 0 aliphatic rings. The van der Waals surface area contributed by atoms with Crippen molar-refractivity contribution in [3.8, 4) is 5.88 Å². The number of nitrogens with zero attached hydrogens (tertiary/aromatic N) is 2. The van der Waals surface area contributed by atoms with Gasteiger partial charge < -0.3 is 4.74 Å². The van der Waals surface area contributed by atoms with Crippen molar-refractivity contribution in [3.63, 3.8) is 0 Å². The van der Waals surface area contributed by atoms with Crippen molar-refractivity contribution >= 4 is 10.0 Å². The van der Waals surface area contributed by atoms with E-state index in [0.29, 0.717) is 13.0 Å². The van der Waals surface area contributed by atoms with Gasteiger partial charge in [-0.25, -0.2) is 17.7 Å². The fourth-order valence-corrected chi connectivity index (χ4v) is 2.58. The highest BCUT2D eigenvalue weighted by atomic mass is 32.2. The first-order valence-corrected chi connectivity index (χ1v) is 7.23. The highest BCUT2D eigenvalue weighted by Crippen LogP contribution is 2.19. The van der Waals surface area contributed by atoms with Crippen LogP contribution in [-0.4, -0.2) is 44.1 Å². The lowest BCUT2D eigenvalue weighted by Crippen LogP contribution is -2.27.